The first kappa shape index (κ1) is 17.3. The maximum atomic E-state index is 11.9. The molecule has 1 aromatic carbocycles. The van der Waals surface area contributed by atoms with Gasteiger partial charge in [0.1, 0.15) is 0 Å². The fourth-order valence-electron chi connectivity index (χ4n) is 1.32. The molecule has 0 heterocycles. The number of halogens is 1. The minimum Gasteiger partial charge on any atom is -0.481 e. The van der Waals surface area contributed by atoms with Crippen LogP contribution in [0, 0.1) is 10.1 Å². The Hall–Kier alpha value is -1.72. The molecule has 0 aliphatic heterocycles. The molecule has 0 radical (unpaired) electrons. The lowest BCUT2D eigenvalue weighted by Gasteiger charge is -2.17. The van der Waals surface area contributed by atoms with Crippen LogP contribution in [0.1, 0.15) is 6.42 Å². The van der Waals surface area contributed by atoms with Gasteiger partial charge in [0.15, 0.2) is 0 Å². The Morgan fingerprint density at radius 3 is 2.62 bits per heavy atom. The van der Waals surface area contributed by atoms with Crippen LogP contribution in [-0.2, 0) is 15.0 Å². The molecule has 0 spiro atoms. The molecule has 2 N–H and O–H groups in total. The van der Waals surface area contributed by atoms with Gasteiger partial charge >= 0.3 is 16.2 Å². The predicted molar refractivity (Wildman–Crippen MR) is 78.2 cm³/mol. The monoisotopic (exact) mass is 381 g/mol. The second kappa shape index (κ2) is 6.83. The number of nitro groups is 1. The van der Waals surface area contributed by atoms with Gasteiger partial charge in [-0.25, -0.2) is 0 Å². The number of carbonyl (C=O) groups is 1. The van der Waals surface area contributed by atoms with Crippen molar-refractivity contribution < 1.29 is 23.2 Å². The van der Waals surface area contributed by atoms with Gasteiger partial charge in [0.2, 0.25) is 0 Å². The molecule has 0 aliphatic rings. The number of hydrogen-bond donors (Lipinski definition) is 2. The first-order valence-electron chi connectivity index (χ1n) is 5.53. The Kier molecular flexibility index (Phi) is 5.63. The number of carboxylic acids is 1. The van der Waals surface area contributed by atoms with E-state index in [2.05, 4.69) is 20.7 Å². The molecule has 1 rings (SSSR count). The smallest absolute Gasteiger partial charge is 0.304 e. The molecule has 9 nitrogen and oxygen atoms in total. The Labute approximate surface area is 129 Å². The van der Waals surface area contributed by atoms with Crippen LogP contribution in [0.4, 0.5) is 11.4 Å². The zero-order chi connectivity index (χ0) is 16.2. The highest BCUT2D eigenvalue weighted by molar-refractivity contribution is 9.10. The first-order valence-corrected chi connectivity index (χ1v) is 7.76. The highest BCUT2D eigenvalue weighted by Gasteiger charge is 2.20. The summed E-state index contributed by atoms with van der Waals surface area (Å²) in [5.74, 6) is -1.12. The summed E-state index contributed by atoms with van der Waals surface area (Å²) in [4.78, 5) is 20.5. The zero-order valence-electron chi connectivity index (χ0n) is 10.8. The van der Waals surface area contributed by atoms with Crippen LogP contribution >= 0.6 is 15.9 Å². The Bertz CT molecular complexity index is 663. The molecule has 1 aromatic rings. The van der Waals surface area contributed by atoms with Gasteiger partial charge in [-0.1, -0.05) is 0 Å². The van der Waals surface area contributed by atoms with Crippen molar-refractivity contribution in [3.63, 3.8) is 0 Å². The second-order valence-corrected chi connectivity index (χ2v) is 6.63. The zero-order valence-corrected chi connectivity index (χ0v) is 13.2. The van der Waals surface area contributed by atoms with E-state index in [0.717, 1.165) is 10.4 Å². The molecule has 11 heteroatoms. The van der Waals surface area contributed by atoms with Crippen LogP contribution in [0.3, 0.4) is 0 Å². The fraction of sp³-hybridized carbons (Fsp3) is 0.300. The van der Waals surface area contributed by atoms with Crippen molar-refractivity contribution in [1.29, 1.82) is 0 Å². The minimum atomic E-state index is -3.93. The van der Waals surface area contributed by atoms with Crippen molar-refractivity contribution >= 4 is 43.5 Å². The summed E-state index contributed by atoms with van der Waals surface area (Å²) >= 11 is 2.97. The Morgan fingerprint density at radius 2 is 2.14 bits per heavy atom. The molecule has 0 fully saturated rings. The Balaban J connectivity index is 2.86. The van der Waals surface area contributed by atoms with Crippen LogP contribution in [0.2, 0.25) is 0 Å². The average molecular weight is 382 g/mol. The first-order chi connectivity index (χ1) is 9.63. The Morgan fingerprint density at radius 1 is 1.52 bits per heavy atom. The maximum absolute atomic E-state index is 11.9. The van der Waals surface area contributed by atoms with Gasteiger partial charge in [-0.2, -0.15) is 12.7 Å². The van der Waals surface area contributed by atoms with E-state index in [1.807, 2.05) is 0 Å². The van der Waals surface area contributed by atoms with Crippen LogP contribution in [-0.4, -0.2) is 42.3 Å². The number of nitrogens with zero attached hydrogens (tertiary/aromatic N) is 2. The summed E-state index contributed by atoms with van der Waals surface area (Å²) in [6.45, 7) is -0.196. The van der Waals surface area contributed by atoms with Crippen LogP contribution < -0.4 is 4.72 Å². The highest BCUT2D eigenvalue weighted by atomic mass is 79.9. The second-order valence-electron chi connectivity index (χ2n) is 4.00. The van der Waals surface area contributed by atoms with E-state index in [4.69, 9.17) is 5.11 Å². The van der Waals surface area contributed by atoms with Crippen molar-refractivity contribution in [2.24, 2.45) is 0 Å². The fourth-order valence-corrected chi connectivity index (χ4v) is 2.75. The number of anilines is 1. The van der Waals surface area contributed by atoms with Crippen molar-refractivity contribution in [2.45, 2.75) is 6.42 Å². The molecule has 0 unspecified atom stereocenters. The molecule has 0 aromatic heterocycles. The van der Waals surface area contributed by atoms with Gasteiger partial charge in [0, 0.05) is 19.7 Å². The van der Waals surface area contributed by atoms with Crippen molar-refractivity contribution in [2.75, 3.05) is 18.3 Å². The van der Waals surface area contributed by atoms with Crippen molar-refractivity contribution in [1.82, 2.24) is 4.31 Å². The van der Waals surface area contributed by atoms with E-state index in [0.29, 0.717) is 0 Å². The summed E-state index contributed by atoms with van der Waals surface area (Å²) in [6, 6.07) is 3.64. The molecule has 21 heavy (non-hydrogen) atoms. The van der Waals surface area contributed by atoms with Crippen LogP contribution in [0.15, 0.2) is 22.7 Å². The lowest BCUT2D eigenvalue weighted by molar-refractivity contribution is -0.385. The summed E-state index contributed by atoms with van der Waals surface area (Å²) in [5, 5.41) is 19.2. The average Bonchev–Trinajstić information content (AvgIpc) is 2.34. The number of benzene rings is 1. The van der Waals surface area contributed by atoms with Gasteiger partial charge in [0.25, 0.3) is 5.69 Å². The molecule has 0 aliphatic carbocycles. The third-order valence-electron chi connectivity index (χ3n) is 2.44. The number of nitro benzene ring substituents is 1. The molecule has 116 valence electrons. The highest BCUT2D eigenvalue weighted by Crippen LogP contribution is 2.28. The number of rotatable bonds is 7. The number of carboxylic acid groups (broad SMARTS) is 1. The quantitative estimate of drug-likeness (QED) is 0.542. The van der Waals surface area contributed by atoms with E-state index in [-0.39, 0.29) is 28.8 Å². The third kappa shape index (κ3) is 4.95. The topological polar surface area (TPSA) is 130 Å². The van der Waals surface area contributed by atoms with Crippen LogP contribution in [0.25, 0.3) is 0 Å². The number of aliphatic carboxylic acids is 1. The summed E-state index contributed by atoms with van der Waals surface area (Å²) in [7, 11) is -2.70. The molecular formula is C10H12BrN3O6S. The van der Waals surface area contributed by atoms with Crippen molar-refractivity contribution in [3.05, 3.63) is 32.8 Å². The molecule has 0 bridgehead atoms. The largest absolute Gasteiger partial charge is 0.481 e. The van der Waals surface area contributed by atoms with Gasteiger partial charge in [-0.15, -0.1) is 0 Å². The van der Waals surface area contributed by atoms with E-state index < -0.39 is 21.1 Å². The molecule has 0 atom stereocenters. The standard InChI is InChI=1S/C10H12BrN3O6S/c1-13(5-4-10(15)16)21(19,20)12-7-2-3-9(14(17)18)8(11)6-7/h2-3,6,12H,4-5H2,1H3,(H,15,16). The van der Waals surface area contributed by atoms with E-state index in [9.17, 15) is 23.3 Å². The molecule has 0 amide bonds. The van der Waals surface area contributed by atoms with Crippen molar-refractivity contribution in [3.8, 4) is 0 Å². The van der Waals surface area contributed by atoms with Gasteiger partial charge in [0.05, 0.1) is 21.5 Å². The minimum absolute atomic E-state index is 0.120. The number of hydrogen-bond acceptors (Lipinski definition) is 5. The summed E-state index contributed by atoms with van der Waals surface area (Å²) in [5.41, 5.74) is -0.0770. The lowest BCUT2D eigenvalue weighted by atomic mass is 10.3. The third-order valence-corrected chi connectivity index (χ3v) is 4.57. The SMILES string of the molecule is CN(CCC(=O)O)S(=O)(=O)Nc1ccc([N+](=O)[O-])c(Br)c1. The summed E-state index contributed by atoms with van der Waals surface area (Å²) < 4.78 is 27.0. The van der Waals surface area contributed by atoms with Gasteiger partial charge in [-0.3, -0.25) is 19.6 Å². The van der Waals surface area contributed by atoms with E-state index in [1.165, 1.54) is 19.2 Å². The molecular weight excluding hydrogens is 370 g/mol. The molecule has 0 saturated heterocycles. The predicted octanol–water partition coefficient (Wildman–Crippen LogP) is 1.42. The van der Waals surface area contributed by atoms with E-state index >= 15 is 0 Å². The summed E-state index contributed by atoms with van der Waals surface area (Å²) in [6.07, 6.45) is -0.332. The van der Waals surface area contributed by atoms with E-state index in [1.54, 1.807) is 0 Å². The normalized spacial score (nSPS) is 11.4. The van der Waals surface area contributed by atoms with Crippen LogP contribution in [0.5, 0.6) is 0 Å². The number of nitrogens with one attached hydrogen (secondary N) is 1. The molecule has 0 saturated carbocycles. The lowest BCUT2D eigenvalue weighted by Crippen LogP contribution is -2.34. The van der Waals surface area contributed by atoms with Gasteiger partial charge < -0.3 is 5.11 Å². The maximum Gasteiger partial charge on any atom is 0.304 e. The van der Waals surface area contributed by atoms with Gasteiger partial charge in [-0.05, 0) is 28.1 Å².